The van der Waals surface area contributed by atoms with Crippen molar-refractivity contribution in [1.82, 2.24) is 24.4 Å². The maximum atomic E-state index is 5.90. The third kappa shape index (κ3) is 5.55. The monoisotopic (exact) mass is 504 g/mol. The van der Waals surface area contributed by atoms with Crippen LogP contribution in [-0.4, -0.2) is 43.6 Å². The first-order valence-corrected chi connectivity index (χ1v) is 13.7. The Balaban J connectivity index is 1.16. The molecule has 0 radical (unpaired) electrons. The first kappa shape index (κ1) is 24.7. The summed E-state index contributed by atoms with van der Waals surface area (Å²) < 4.78 is 7.88. The van der Waals surface area contributed by atoms with Gasteiger partial charge in [0.1, 0.15) is 34.7 Å². The van der Waals surface area contributed by atoms with Gasteiger partial charge in [0.15, 0.2) is 0 Å². The van der Waals surface area contributed by atoms with Crippen LogP contribution in [0.5, 0.6) is 5.75 Å². The molecule has 1 N–H and O–H groups in total. The lowest BCUT2D eigenvalue weighted by Crippen LogP contribution is -2.38. The van der Waals surface area contributed by atoms with Gasteiger partial charge in [-0.2, -0.15) is 0 Å². The second kappa shape index (κ2) is 11.0. The summed E-state index contributed by atoms with van der Waals surface area (Å²) in [6.45, 7) is 10.2. The number of anilines is 1. The Hall–Kier alpha value is -2.97. The van der Waals surface area contributed by atoms with Gasteiger partial charge < -0.3 is 14.6 Å². The Morgan fingerprint density at radius 1 is 1.11 bits per heavy atom. The quantitative estimate of drug-likeness (QED) is 0.318. The molecule has 1 aliphatic rings. The van der Waals surface area contributed by atoms with E-state index in [9.17, 15) is 0 Å². The van der Waals surface area contributed by atoms with Crippen molar-refractivity contribution >= 4 is 27.4 Å². The van der Waals surface area contributed by atoms with Crippen LogP contribution in [0.1, 0.15) is 53.8 Å². The first-order chi connectivity index (χ1) is 17.5. The topological polar surface area (TPSA) is 68.1 Å². The van der Waals surface area contributed by atoms with Crippen LogP contribution in [0.15, 0.2) is 36.7 Å². The SMILES string of the molecule is CCCc1nc(NC2CCN(Cc3ccc(OCc4nccn4C)cc3)CC2)c2c(C)c(C)sc2n1. The molecule has 8 heteroatoms. The van der Waals surface area contributed by atoms with Crippen molar-refractivity contribution in [3.8, 4) is 5.75 Å². The Morgan fingerprint density at radius 2 is 1.89 bits per heavy atom. The van der Waals surface area contributed by atoms with Gasteiger partial charge in [0.2, 0.25) is 0 Å². The number of nitrogens with one attached hydrogen (secondary N) is 1. The highest BCUT2D eigenvalue weighted by molar-refractivity contribution is 7.18. The van der Waals surface area contributed by atoms with E-state index in [1.54, 1.807) is 17.5 Å². The van der Waals surface area contributed by atoms with E-state index in [-0.39, 0.29) is 0 Å². The molecule has 5 rings (SSSR count). The van der Waals surface area contributed by atoms with Gasteiger partial charge >= 0.3 is 0 Å². The molecule has 1 fully saturated rings. The maximum absolute atomic E-state index is 5.90. The van der Waals surface area contributed by atoms with Crippen LogP contribution in [-0.2, 0) is 26.6 Å². The summed E-state index contributed by atoms with van der Waals surface area (Å²) in [5, 5.41) is 5.02. The Labute approximate surface area is 217 Å². The normalized spacial score (nSPS) is 15.0. The lowest BCUT2D eigenvalue weighted by molar-refractivity contribution is 0.211. The zero-order valence-corrected chi connectivity index (χ0v) is 22.6. The summed E-state index contributed by atoms with van der Waals surface area (Å²) in [6, 6.07) is 8.91. The highest BCUT2D eigenvalue weighted by atomic mass is 32.1. The predicted octanol–water partition coefficient (Wildman–Crippen LogP) is 5.65. The van der Waals surface area contributed by atoms with E-state index < -0.39 is 0 Å². The van der Waals surface area contributed by atoms with Crippen LogP contribution >= 0.6 is 11.3 Å². The van der Waals surface area contributed by atoms with Crippen molar-refractivity contribution in [3.05, 3.63) is 64.3 Å². The van der Waals surface area contributed by atoms with Crippen molar-refractivity contribution in [2.75, 3.05) is 18.4 Å². The lowest BCUT2D eigenvalue weighted by atomic mass is 10.0. The van der Waals surface area contributed by atoms with Crippen molar-refractivity contribution in [2.45, 2.75) is 65.6 Å². The van der Waals surface area contributed by atoms with Gasteiger partial charge in [0.25, 0.3) is 0 Å². The molecule has 0 spiro atoms. The number of benzene rings is 1. The number of likely N-dealkylation sites (tertiary alicyclic amines) is 1. The highest BCUT2D eigenvalue weighted by Gasteiger charge is 2.22. The highest BCUT2D eigenvalue weighted by Crippen LogP contribution is 2.34. The third-order valence-electron chi connectivity index (χ3n) is 7.10. The average molecular weight is 505 g/mol. The number of ether oxygens (including phenoxy) is 1. The van der Waals surface area contributed by atoms with E-state index in [0.29, 0.717) is 12.6 Å². The van der Waals surface area contributed by atoms with E-state index in [1.165, 1.54) is 21.4 Å². The van der Waals surface area contributed by atoms with Crippen LogP contribution in [0, 0.1) is 13.8 Å². The molecular formula is C28H36N6OS. The van der Waals surface area contributed by atoms with Gasteiger partial charge in [-0.15, -0.1) is 11.3 Å². The van der Waals surface area contributed by atoms with Gasteiger partial charge in [-0.05, 0) is 56.4 Å². The fourth-order valence-electron chi connectivity index (χ4n) is 4.80. The Bertz CT molecular complexity index is 1300. The van der Waals surface area contributed by atoms with Crippen molar-refractivity contribution < 1.29 is 4.74 Å². The molecule has 4 heterocycles. The van der Waals surface area contributed by atoms with Crippen molar-refractivity contribution in [1.29, 1.82) is 0 Å². The molecular weight excluding hydrogens is 468 g/mol. The zero-order chi connectivity index (χ0) is 25.1. The van der Waals surface area contributed by atoms with Crippen LogP contribution in [0.3, 0.4) is 0 Å². The third-order valence-corrected chi connectivity index (χ3v) is 8.20. The van der Waals surface area contributed by atoms with Crippen LogP contribution < -0.4 is 10.1 Å². The van der Waals surface area contributed by atoms with Gasteiger partial charge in [-0.1, -0.05) is 19.1 Å². The Kier molecular flexibility index (Phi) is 7.53. The number of rotatable bonds is 9. The number of imidazole rings is 1. The minimum atomic E-state index is 0.440. The summed E-state index contributed by atoms with van der Waals surface area (Å²) in [6.07, 6.45) is 7.93. The predicted molar refractivity (Wildman–Crippen MR) is 147 cm³/mol. The molecule has 0 amide bonds. The summed E-state index contributed by atoms with van der Waals surface area (Å²) in [5.74, 6) is 3.79. The number of hydrogen-bond donors (Lipinski definition) is 1. The van der Waals surface area contributed by atoms with Crippen molar-refractivity contribution in [3.63, 3.8) is 0 Å². The largest absolute Gasteiger partial charge is 0.486 e. The molecule has 36 heavy (non-hydrogen) atoms. The van der Waals surface area contributed by atoms with E-state index in [2.05, 4.69) is 60.2 Å². The fraction of sp³-hybridized carbons (Fsp3) is 0.464. The zero-order valence-electron chi connectivity index (χ0n) is 21.8. The second-order valence-corrected chi connectivity index (χ2v) is 11.0. The molecule has 0 saturated carbocycles. The number of hydrogen-bond acceptors (Lipinski definition) is 7. The summed E-state index contributed by atoms with van der Waals surface area (Å²) in [7, 11) is 1.98. The summed E-state index contributed by atoms with van der Waals surface area (Å²) in [5.41, 5.74) is 2.63. The minimum absolute atomic E-state index is 0.440. The number of aromatic nitrogens is 4. The number of aryl methyl sites for hydroxylation is 4. The van der Waals surface area contributed by atoms with Crippen LogP contribution in [0.2, 0.25) is 0 Å². The lowest BCUT2D eigenvalue weighted by Gasteiger charge is -2.32. The molecule has 0 aliphatic carbocycles. The van der Waals surface area contributed by atoms with Crippen LogP contribution in [0.25, 0.3) is 10.2 Å². The minimum Gasteiger partial charge on any atom is -0.486 e. The number of piperidine rings is 1. The van der Waals surface area contributed by atoms with Gasteiger partial charge in [0, 0.05) is 56.4 Å². The van der Waals surface area contributed by atoms with E-state index >= 15 is 0 Å². The van der Waals surface area contributed by atoms with Gasteiger partial charge in [-0.3, -0.25) is 4.90 Å². The standard InChI is InChI=1S/C28H36N6OS/c1-5-6-24-31-27(26-19(2)20(3)36-28(26)32-24)30-22-11-14-34(15-12-22)17-21-7-9-23(10-8-21)35-18-25-29-13-16-33(25)4/h7-10,13,16,22H,5-6,11-12,14-15,17-18H2,1-4H3,(H,30,31,32). The molecule has 3 aromatic heterocycles. The molecule has 0 bridgehead atoms. The smallest absolute Gasteiger partial charge is 0.146 e. The van der Waals surface area contributed by atoms with E-state index in [0.717, 1.165) is 73.4 Å². The van der Waals surface area contributed by atoms with E-state index in [4.69, 9.17) is 14.7 Å². The van der Waals surface area contributed by atoms with E-state index in [1.807, 2.05) is 17.8 Å². The number of thiophene rings is 1. The molecule has 0 unspecified atom stereocenters. The maximum Gasteiger partial charge on any atom is 0.146 e. The molecule has 1 aromatic carbocycles. The summed E-state index contributed by atoms with van der Waals surface area (Å²) >= 11 is 1.79. The molecule has 1 aliphatic heterocycles. The van der Waals surface area contributed by atoms with Crippen molar-refractivity contribution in [2.24, 2.45) is 7.05 Å². The molecule has 1 saturated heterocycles. The first-order valence-electron chi connectivity index (χ1n) is 12.9. The average Bonchev–Trinajstić information content (AvgIpc) is 3.41. The fourth-order valence-corrected chi connectivity index (χ4v) is 5.84. The number of fused-ring (bicyclic) bond motifs is 1. The van der Waals surface area contributed by atoms with Crippen LogP contribution in [0.4, 0.5) is 5.82 Å². The summed E-state index contributed by atoms with van der Waals surface area (Å²) in [4.78, 5) is 19.1. The molecule has 4 aromatic rings. The molecule has 7 nitrogen and oxygen atoms in total. The Morgan fingerprint density at radius 3 is 2.58 bits per heavy atom. The molecule has 190 valence electrons. The molecule has 0 atom stereocenters. The second-order valence-electron chi connectivity index (χ2n) is 9.78. The van der Waals surface area contributed by atoms with Gasteiger partial charge in [-0.25, -0.2) is 15.0 Å². The number of nitrogens with zero attached hydrogens (tertiary/aromatic N) is 5. The van der Waals surface area contributed by atoms with Gasteiger partial charge in [0.05, 0.1) is 5.39 Å².